The first-order valence-corrected chi connectivity index (χ1v) is 5.87. The average Bonchev–Trinajstić information content (AvgIpc) is 2.67. The van der Waals surface area contributed by atoms with Crippen LogP contribution >= 0.6 is 0 Å². The molecular formula is C13H16N2O2. The highest BCUT2D eigenvalue weighted by atomic mass is 16.3. The van der Waals surface area contributed by atoms with Gasteiger partial charge in [0.1, 0.15) is 5.69 Å². The Morgan fingerprint density at radius 2 is 2.18 bits per heavy atom. The van der Waals surface area contributed by atoms with Crippen molar-refractivity contribution in [1.29, 1.82) is 0 Å². The van der Waals surface area contributed by atoms with Crippen LogP contribution in [0.5, 0.6) is 0 Å². The third-order valence-electron chi connectivity index (χ3n) is 2.70. The molecule has 2 aromatic rings. The number of aromatic nitrogens is 2. The van der Waals surface area contributed by atoms with Gasteiger partial charge in [0, 0.05) is 11.8 Å². The van der Waals surface area contributed by atoms with Gasteiger partial charge in [0.2, 0.25) is 0 Å². The minimum atomic E-state index is -0.0135. The fraction of sp³-hybridized carbons (Fsp3) is 0.385. The summed E-state index contributed by atoms with van der Waals surface area (Å²) in [4.78, 5) is 12.1. The molecule has 0 radical (unpaired) electrons. The lowest BCUT2D eigenvalue weighted by atomic mass is 10.1. The van der Waals surface area contributed by atoms with Gasteiger partial charge in [-0.15, -0.1) is 0 Å². The molecule has 0 aliphatic heterocycles. The third kappa shape index (κ3) is 2.22. The van der Waals surface area contributed by atoms with Gasteiger partial charge in [0.15, 0.2) is 5.78 Å². The maximum absolute atomic E-state index is 12.1. The summed E-state index contributed by atoms with van der Waals surface area (Å²) in [5.41, 5.74) is 1.43. The first kappa shape index (κ1) is 11.8. The maximum atomic E-state index is 12.1. The smallest absolute Gasteiger partial charge is 0.181 e. The van der Waals surface area contributed by atoms with Gasteiger partial charge in [0.05, 0.1) is 18.7 Å². The van der Waals surface area contributed by atoms with Gasteiger partial charge in [-0.2, -0.15) is 5.10 Å². The predicted molar refractivity (Wildman–Crippen MR) is 66.1 cm³/mol. The number of ketones is 1. The normalized spacial score (nSPS) is 10.9. The molecule has 1 aromatic carbocycles. The number of rotatable bonds is 5. The van der Waals surface area contributed by atoms with Crippen molar-refractivity contribution < 1.29 is 9.90 Å². The monoisotopic (exact) mass is 232 g/mol. The molecule has 0 bridgehead atoms. The molecule has 90 valence electrons. The van der Waals surface area contributed by atoms with E-state index in [1.165, 1.54) is 0 Å². The molecule has 1 aromatic heterocycles. The summed E-state index contributed by atoms with van der Waals surface area (Å²) in [6.07, 6.45) is 1.33. The van der Waals surface area contributed by atoms with Crippen molar-refractivity contribution in [3.8, 4) is 0 Å². The predicted octanol–water partition coefficient (Wildman–Crippen LogP) is 2.01. The summed E-state index contributed by atoms with van der Waals surface area (Å²) in [6.45, 7) is 2.33. The number of carbonyl (C=O) groups excluding carboxylic acids is 1. The number of hydrogen-bond donors (Lipinski definition) is 1. The van der Waals surface area contributed by atoms with Crippen molar-refractivity contribution in [2.45, 2.75) is 26.3 Å². The maximum Gasteiger partial charge on any atom is 0.181 e. The van der Waals surface area contributed by atoms with E-state index in [0.29, 0.717) is 18.7 Å². The Balaban J connectivity index is 2.55. The molecule has 0 aliphatic carbocycles. The van der Waals surface area contributed by atoms with Gasteiger partial charge in [-0.25, -0.2) is 0 Å². The molecule has 4 nitrogen and oxygen atoms in total. The summed E-state index contributed by atoms with van der Waals surface area (Å²) in [7, 11) is 0. The van der Waals surface area contributed by atoms with Crippen molar-refractivity contribution >= 4 is 16.7 Å². The number of Topliss-reactive ketones (excluding diaryl/α,β-unsaturated/α-hetero) is 1. The minimum Gasteiger partial charge on any atom is -0.394 e. The van der Waals surface area contributed by atoms with E-state index in [4.69, 9.17) is 5.11 Å². The van der Waals surface area contributed by atoms with E-state index in [1.54, 1.807) is 4.68 Å². The summed E-state index contributed by atoms with van der Waals surface area (Å²) < 4.78 is 1.61. The van der Waals surface area contributed by atoms with E-state index in [0.717, 1.165) is 17.3 Å². The molecule has 4 heteroatoms. The average molecular weight is 232 g/mol. The van der Waals surface area contributed by atoms with Gasteiger partial charge >= 0.3 is 0 Å². The topological polar surface area (TPSA) is 55.1 Å². The zero-order valence-electron chi connectivity index (χ0n) is 9.89. The second-order valence-corrected chi connectivity index (χ2v) is 3.99. The van der Waals surface area contributed by atoms with Crippen molar-refractivity contribution in [1.82, 2.24) is 9.78 Å². The van der Waals surface area contributed by atoms with E-state index in [-0.39, 0.29) is 12.4 Å². The zero-order chi connectivity index (χ0) is 12.3. The molecular weight excluding hydrogens is 216 g/mol. The first-order valence-electron chi connectivity index (χ1n) is 5.87. The quantitative estimate of drug-likeness (QED) is 0.802. The van der Waals surface area contributed by atoms with Gasteiger partial charge in [-0.05, 0) is 12.5 Å². The highest BCUT2D eigenvalue weighted by Crippen LogP contribution is 2.20. The lowest BCUT2D eigenvalue weighted by Gasteiger charge is -2.04. The Hall–Kier alpha value is -1.68. The molecule has 0 unspecified atom stereocenters. The molecule has 0 aliphatic rings. The summed E-state index contributed by atoms with van der Waals surface area (Å²) in [5.74, 6) is 0.0923. The van der Waals surface area contributed by atoms with Crippen LogP contribution in [0.2, 0.25) is 0 Å². The van der Waals surface area contributed by atoms with Gasteiger partial charge < -0.3 is 5.11 Å². The van der Waals surface area contributed by atoms with Crippen LogP contribution in [-0.2, 0) is 6.54 Å². The molecule has 0 saturated carbocycles. The van der Waals surface area contributed by atoms with Gasteiger partial charge in [-0.1, -0.05) is 25.1 Å². The molecule has 0 amide bonds. The molecule has 0 fully saturated rings. The zero-order valence-corrected chi connectivity index (χ0v) is 9.89. The molecule has 1 N–H and O–H groups in total. The second-order valence-electron chi connectivity index (χ2n) is 3.99. The van der Waals surface area contributed by atoms with Crippen molar-refractivity contribution in [2.75, 3.05) is 6.61 Å². The second kappa shape index (κ2) is 5.10. The number of carbonyl (C=O) groups is 1. The molecule has 0 spiro atoms. The van der Waals surface area contributed by atoms with Crippen LogP contribution in [0.3, 0.4) is 0 Å². The Labute approximate surface area is 99.9 Å². The van der Waals surface area contributed by atoms with Crippen LogP contribution in [0.15, 0.2) is 24.3 Å². The first-order chi connectivity index (χ1) is 8.27. The SMILES string of the molecule is CCCC(=O)c1c2ccccc2nn1CCO. The summed E-state index contributed by atoms with van der Waals surface area (Å²) in [6, 6.07) is 7.58. The Kier molecular flexibility index (Phi) is 3.54. The van der Waals surface area contributed by atoms with Crippen LogP contribution < -0.4 is 0 Å². The van der Waals surface area contributed by atoms with Crippen LogP contribution in [0.4, 0.5) is 0 Å². The van der Waals surface area contributed by atoms with E-state index in [9.17, 15) is 4.79 Å². The van der Waals surface area contributed by atoms with Crippen LogP contribution in [-0.4, -0.2) is 27.3 Å². The standard InChI is InChI=1S/C13H16N2O2/c1-2-5-12(17)13-10-6-3-4-7-11(10)14-15(13)8-9-16/h3-4,6-7,16H,2,5,8-9H2,1H3. The molecule has 0 saturated heterocycles. The van der Waals surface area contributed by atoms with Gasteiger partial charge in [-0.3, -0.25) is 9.48 Å². The highest BCUT2D eigenvalue weighted by Gasteiger charge is 2.16. The van der Waals surface area contributed by atoms with Crippen LogP contribution in [0.1, 0.15) is 30.3 Å². The number of benzene rings is 1. The van der Waals surface area contributed by atoms with Crippen molar-refractivity contribution in [3.05, 3.63) is 30.0 Å². The van der Waals surface area contributed by atoms with Crippen molar-refractivity contribution in [3.63, 3.8) is 0 Å². The Morgan fingerprint density at radius 3 is 2.88 bits per heavy atom. The number of nitrogens with zero attached hydrogens (tertiary/aromatic N) is 2. The number of fused-ring (bicyclic) bond motifs is 1. The minimum absolute atomic E-state index is 0.0135. The molecule has 1 heterocycles. The molecule has 0 atom stereocenters. The number of hydrogen-bond acceptors (Lipinski definition) is 3. The highest BCUT2D eigenvalue weighted by molar-refractivity contribution is 6.06. The summed E-state index contributed by atoms with van der Waals surface area (Å²) >= 11 is 0. The number of aliphatic hydroxyl groups is 1. The van der Waals surface area contributed by atoms with E-state index >= 15 is 0 Å². The van der Waals surface area contributed by atoms with Crippen LogP contribution in [0, 0.1) is 0 Å². The van der Waals surface area contributed by atoms with E-state index < -0.39 is 0 Å². The summed E-state index contributed by atoms with van der Waals surface area (Å²) in [5, 5.41) is 14.2. The lowest BCUT2D eigenvalue weighted by Crippen LogP contribution is -2.12. The van der Waals surface area contributed by atoms with Gasteiger partial charge in [0.25, 0.3) is 0 Å². The molecule has 17 heavy (non-hydrogen) atoms. The van der Waals surface area contributed by atoms with Crippen LogP contribution in [0.25, 0.3) is 10.9 Å². The third-order valence-corrected chi connectivity index (χ3v) is 2.70. The molecule has 2 rings (SSSR count). The largest absolute Gasteiger partial charge is 0.394 e. The lowest BCUT2D eigenvalue weighted by molar-refractivity contribution is 0.0971. The fourth-order valence-electron chi connectivity index (χ4n) is 1.98. The van der Waals surface area contributed by atoms with E-state index in [2.05, 4.69) is 5.10 Å². The Morgan fingerprint density at radius 1 is 1.41 bits per heavy atom. The Bertz CT molecular complexity index is 531. The fourth-order valence-corrected chi connectivity index (χ4v) is 1.98. The number of aliphatic hydroxyl groups excluding tert-OH is 1. The van der Waals surface area contributed by atoms with E-state index in [1.807, 2.05) is 31.2 Å². The van der Waals surface area contributed by atoms with Crippen molar-refractivity contribution in [2.24, 2.45) is 0 Å².